The number of nitrogens with zero attached hydrogens (tertiary/aromatic N) is 4. The largest absolute Gasteiger partial charge is 0.337 e. The van der Waals surface area contributed by atoms with Crippen molar-refractivity contribution in [1.29, 1.82) is 0 Å². The molecule has 0 bridgehead atoms. The normalized spacial score (nSPS) is 16.9. The number of likely N-dealkylation sites (tertiary alicyclic amines) is 1. The van der Waals surface area contributed by atoms with Crippen molar-refractivity contribution in [2.75, 3.05) is 20.1 Å². The van der Waals surface area contributed by atoms with Crippen molar-refractivity contribution in [3.8, 4) is 11.4 Å². The van der Waals surface area contributed by atoms with Crippen molar-refractivity contribution in [3.63, 3.8) is 0 Å². The second kappa shape index (κ2) is 9.58. The van der Waals surface area contributed by atoms with Crippen molar-refractivity contribution >= 4 is 17.5 Å². The molecule has 2 aromatic carbocycles. The summed E-state index contributed by atoms with van der Waals surface area (Å²) in [6.07, 6.45) is 1.80. The first-order chi connectivity index (χ1) is 15.0. The van der Waals surface area contributed by atoms with E-state index < -0.39 is 0 Å². The van der Waals surface area contributed by atoms with E-state index in [0.717, 1.165) is 30.5 Å². The summed E-state index contributed by atoms with van der Waals surface area (Å²) in [5, 5.41) is 4.64. The molecule has 8 heteroatoms. The molecule has 0 radical (unpaired) electrons. The molecule has 6 nitrogen and oxygen atoms in total. The van der Waals surface area contributed by atoms with E-state index in [-0.39, 0.29) is 24.2 Å². The van der Waals surface area contributed by atoms with Crippen molar-refractivity contribution in [1.82, 2.24) is 19.9 Å². The summed E-state index contributed by atoms with van der Waals surface area (Å²) in [7, 11) is 1.76. The van der Waals surface area contributed by atoms with Gasteiger partial charge in [0.15, 0.2) is 0 Å². The van der Waals surface area contributed by atoms with E-state index >= 15 is 0 Å². The van der Waals surface area contributed by atoms with Crippen molar-refractivity contribution in [3.05, 3.63) is 70.8 Å². The zero-order valence-electron chi connectivity index (χ0n) is 17.3. The molecule has 1 atom stereocenters. The van der Waals surface area contributed by atoms with Crippen LogP contribution in [0.25, 0.3) is 11.4 Å². The molecule has 3 aromatic rings. The van der Waals surface area contributed by atoms with Crippen LogP contribution in [0.5, 0.6) is 0 Å². The summed E-state index contributed by atoms with van der Waals surface area (Å²) in [6, 6.07) is 13.7. The Bertz CT molecular complexity index is 1020. The Balaban J connectivity index is 1.34. The number of carbonyl (C=O) groups is 1. The van der Waals surface area contributed by atoms with Crippen LogP contribution in [0.2, 0.25) is 5.02 Å². The fourth-order valence-corrected chi connectivity index (χ4v) is 4.00. The van der Waals surface area contributed by atoms with Gasteiger partial charge < -0.3 is 9.42 Å². The van der Waals surface area contributed by atoms with Gasteiger partial charge in [-0.25, -0.2) is 4.39 Å². The summed E-state index contributed by atoms with van der Waals surface area (Å²) in [5.74, 6) is 0.598. The molecule has 1 amide bonds. The number of aromatic nitrogens is 2. The minimum atomic E-state index is -0.239. The Morgan fingerprint density at radius 2 is 1.97 bits per heavy atom. The number of piperidine rings is 1. The molecule has 0 saturated carbocycles. The summed E-state index contributed by atoms with van der Waals surface area (Å²) < 4.78 is 18.5. The number of benzene rings is 2. The van der Waals surface area contributed by atoms with Gasteiger partial charge in [-0.1, -0.05) is 28.9 Å². The third-order valence-corrected chi connectivity index (χ3v) is 5.75. The van der Waals surface area contributed by atoms with E-state index in [1.165, 1.54) is 12.1 Å². The third-order valence-electron chi connectivity index (χ3n) is 5.49. The first-order valence-corrected chi connectivity index (χ1v) is 10.7. The molecular formula is C23H24ClFN4O2. The molecule has 1 saturated heterocycles. The highest BCUT2D eigenvalue weighted by Crippen LogP contribution is 2.22. The lowest BCUT2D eigenvalue weighted by Crippen LogP contribution is -2.43. The van der Waals surface area contributed by atoms with Gasteiger partial charge in [0.05, 0.1) is 12.5 Å². The SMILES string of the molecule is CN(Cc1nc(-c2ccc(Cl)cc2)no1)C(=O)[C@@H]1CCCN(Cc2ccc(F)cc2)C1. The van der Waals surface area contributed by atoms with Crippen LogP contribution >= 0.6 is 11.6 Å². The van der Waals surface area contributed by atoms with Gasteiger partial charge in [-0.3, -0.25) is 9.69 Å². The lowest BCUT2D eigenvalue weighted by atomic mass is 9.96. The molecule has 4 rings (SSSR count). The Morgan fingerprint density at radius 3 is 2.71 bits per heavy atom. The molecule has 0 aliphatic carbocycles. The zero-order chi connectivity index (χ0) is 21.8. The molecule has 31 heavy (non-hydrogen) atoms. The molecule has 1 aliphatic heterocycles. The average Bonchev–Trinajstić information content (AvgIpc) is 3.24. The number of hydrogen-bond donors (Lipinski definition) is 0. The molecule has 0 spiro atoms. The monoisotopic (exact) mass is 442 g/mol. The number of hydrogen-bond acceptors (Lipinski definition) is 5. The van der Waals surface area contributed by atoms with Crippen LogP contribution in [0.4, 0.5) is 4.39 Å². The van der Waals surface area contributed by atoms with Crippen LogP contribution in [0.1, 0.15) is 24.3 Å². The summed E-state index contributed by atoms with van der Waals surface area (Å²) in [4.78, 5) is 21.3. The second-order valence-electron chi connectivity index (χ2n) is 7.91. The second-order valence-corrected chi connectivity index (χ2v) is 8.35. The molecule has 0 unspecified atom stereocenters. The van der Waals surface area contributed by atoms with E-state index in [2.05, 4.69) is 15.0 Å². The zero-order valence-corrected chi connectivity index (χ0v) is 18.1. The van der Waals surface area contributed by atoms with Crippen molar-refractivity contribution in [2.45, 2.75) is 25.9 Å². The highest BCUT2D eigenvalue weighted by Gasteiger charge is 2.28. The number of halogens is 2. The Morgan fingerprint density at radius 1 is 1.23 bits per heavy atom. The van der Waals surface area contributed by atoms with Crippen LogP contribution in [0.3, 0.4) is 0 Å². The van der Waals surface area contributed by atoms with Gasteiger partial charge >= 0.3 is 0 Å². The highest BCUT2D eigenvalue weighted by molar-refractivity contribution is 6.30. The maximum atomic E-state index is 13.1. The van der Waals surface area contributed by atoms with Crippen LogP contribution in [0, 0.1) is 11.7 Å². The van der Waals surface area contributed by atoms with Crippen LogP contribution in [-0.4, -0.2) is 46.0 Å². The fraction of sp³-hybridized carbons (Fsp3) is 0.348. The molecule has 0 N–H and O–H groups in total. The predicted molar refractivity (Wildman–Crippen MR) is 116 cm³/mol. The summed E-state index contributed by atoms with van der Waals surface area (Å²) in [5.41, 5.74) is 1.85. The molecule has 1 aliphatic rings. The molecule has 1 aromatic heterocycles. The van der Waals surface area contributed by atoms with Gasteiger partial charge in [0.2, 0.25) is 17.6 Å². The van der Waals surface area contributed by atoms with E-state index in [4.69, 9.17) is 16.1 Å². The Kier molecular flexibility index (Phi) is 6.63. The van der Waals surface area contributed by atoms with Crippen molar-refractivity contribution in [2.24, 2.45) is 5.92 Å². The topological polar surface area (TPSA) is 62.5 Å². The smallest absolute Gasteiger partial charge is 0.246 e. The predicted octanol–water partition coefficient (Wildman–Crippen LogP) is 4.40. The number of amides is 1. The first-order valence-electron chi connectivity index (χ1n) is 10.3. The lowest BCUT2D eigenvalue weighted by Gasteiger charge is -2.33. The van der Waals surface area contributed by atoms with E-state index in [1.54, 1.807) is 36.2 Å². The minimum Gasteiger partial charge on any atom is -0.337 e. The minimum absolute atomic E-state index is 0.0649. The van der Waals surface area contributed by atoms with Crippen molar-refractivity contribution < 1.29 is 13.7 Å². The quantitative estimate of drug-likeness (QED) is 0.566. The maximum absolute atomic E-state index is 13.1. The third kappa shape index (κ3) is 5.48. The van der Waals surface area contributed by atoms with Gasteiger partial charge in [-0.15, -0.1) is 0 Å². The first kappa shape index (κ1) is 21.5. The Hall–Kier alpha value is -2.77. The van der Waals surface area contributed by atoms with E-state index in [1.807, 2.05) is 12.1 Å². The van der Waals surface area contributed by atoms with Crippen LogP contribution < -0.4 is 0 Å². The summed E-state index contributed by atoms with van der Waals surface area (Å²) in [6.45, 7) is 2.58. The Labute approximate surface area is 185 Å². The highest BCUT2D eigenvalue weighted by atomic mass is 35.5. The number of rotatable bonds is 6. The lowest BCUT2D eigenvalue weighted by molar-refractivity contribution is -0.137. The van der Waals surface area contributed by atoms with Gasteiger partial charge in [-0.2, -0.15) is 4.98 Å². The standard InChI is InChI=1S/C23H24ClFN4O2/c1-28(15-21-26-22(27-31-21)17-6-8-19(24)9-7-17)23(30)18-3-2-12-29(14-18)13-16-4-10-20(25)11-5-16/h4-11,18H,2-3,12-15H2,1H3/t18-/m1/s1. The van der Waals surface area contributed by atoms with E-state index in [9.17, 15) is 9.18 Å². The van der Waals surface area contributed by atoms with Gasteiger partial charge in [0.25, 0.3) is 0 Å². The summed E-state index contributed by atoms with van der Waals surface area (Å²) >= 11 is 5.92. The maximum Gasteiger partial charge on any atom is 0.246 e. The molecule has 2 heterocycles. The molecule has 162 valence electrons. The molecular weight excluding hydrogens is 419 g/mol. The van der Waals surface area contributed by atoms with Gasteiger partial charge in [-0.05, 0) is 61.3 Å². The van der Waals surface area contributed by atoms with E-state index in [0.29, 0.717) is 29.8 Å². The average molecular weight is 443 g/mol. The fourth-order valence-electron chi connectivity index (χ4n) is 3.88. The van der Waals surface area contributed by atoms with Crippen LogP contribution in [-0.2, 0) is 17.9 Å². The van der Waals surface area contributed by atoms with Gasteiger partial charge in [0.1, 0.15) is 5.82 Å². The van der Waals surface area contributed by atoms with Crippen LogP contribution in [0.15, 0.2) is 53.1 Å². The molecule has 1 fully saturated rings. The van der Waals surface area contributed by atoms with Gasteiger partial charge in [0, 0.05) is 30.7 Å². The number of carbonyl (C=O) groups excluding carboxylic acids is 1.